The Morgan fingerprint density at radius 2 is 1.68 bits per heavy atom. The molecule has 1 aromatic heterocycles. The predicted molar refractivity (Wildman–Crippen MR) is 133 cm³/mol. The van der Waals surface area contributed by atoms with E-state index < -0.39 is 34.9 Å². The first-order valence-electron chi connectivity index (χ1n) is 10.9. The molecule has 3 N–H and O–H groups in total. The average Bonchev–Trinajstić information content (AvgIpc) is 2.87. The molecule has 4 rings (SSSR count). The third kappa shape index (κ3) is 5.52. The van der Waals surface area contributed by atoms with Crippen molar-refractivity contribution in [3.63, 3.8) is 0 Å². The summed E-state index contributed by atoms with van der Waals surface area (Å²) in [6.07, 6.45) is -4.90. The molecule has 38 heavy (non-hydrogen) atoms. The van der Waals surface area contributed by atoms with Gasteiger partial charge in [-0.05, 0) is 42.0 Å². The molecule has 0 saturated carbocycles. The Labute approximate surface area is 219 Å². The summed E-state index contributed by atoms with van der Waals surface area (Å²) in [5.74, 6) is -0.921. The molecule has 198 valence electrons. The van der Waals surface area contributed by atoms with Crippen molar-refractivity contribution in [1.82, 2.24) is 9.97 Å². The number of hydrogen-bond acceptors (Lipinski definition) is 7. The third-order valence-electron chi connectivity index (χ3n) is 5.50. The highest BCUT2D eigenvalue weighted by Crippen LogP contribution is 2.45. The van der Waals surface area contributed by atoms with Crippen LogP contribution in [0.2, 0.25) is 5.02 Å². The van der Waals surface area contributed by atoms with Gasteiger partial charge in [-0.1, -0.05) is 23.7 Å². The second kappa shape index (κ2) is 10.6. The zero-order valence-corrected chi connectivity index (χ0v) is 20.7. The van der Waals surface area contributed by atoms with Gasteiger partial charge in [-0.15, -0.1) is 0 Å². The Bertz CT molecular complexity index is 1500. The van der Waals surface area contributed by atoms with Crippen molar-refractivity contribution >= 4 is 17.5 Å². The zero-order chi connectivity index (χ0) is 27.6. The van der Waals surface area contributed by atoms with Crippen molar-refractivity contribution in [3.05, 3.63) is 76.7 Å². The second-order valence-corrected chi connectivity index (χ2v) is 8.33. The van der Waals surface area contributed by atoms with Gasteiger partial charge in [-0.3, -0.25) is 0 Å². The summed E-state index contributed by atoms with van der Waals surface area (Å²) in [6, 6.07) is 11.9. The van der Waals surface area contributed by atoms with Gasteiger partial charge in [-0.2, -0.15) is 13.2 Å². The predicted octanol–water partition coefficient (Wildman–Crippen LogP) is 6.51. The first-order valence-corrected chi connectivity index (χ1v) is 11.3. The Balaban J connectivity index is 1.80. The number of rotatable bonds is 7. The van der Waals surface area contributed by atoms with Crippen LogP contribution in [0.5, 0.6) is 23.0 Å². The number of aromatic nitrogens is 2. The lowest BCUT2D eigenvalue weighted by Crippen LogP contribution is -2.14. The molecule has 0 unspecified atom stereocenters. The highest BCUT2D eigenvalue weighted by molar-refractivity contribution is 6.31. The number of phenolic OH excluding ortho intramolecular Hbond substituents is 1. The fraction of sp³-hybridized carbons (Fsp3) is 0.154. The Morgan fingerprint density at radius 3 is 2.32 bits per heavy atom. The number of nitrogens with zero attached hydrogens (tertiary/aromatic N) is 2. The van der Waals surface area contributed by atoms with Gasteiger partial charge in [0, 0.05) is 22.8 Å². The highest BCUT2D eigenvalue weighted by Gasteiger charge is 2.38. The number of halogens is 5. The minimum absolute atomic E-state index is 0.0481. The molecular formula is C26H20ClF4N3O4. The van der Waals surface area contributed by atoms with Crippen molar-refractivity contribution in [2.24, 2.45) is 0 Å². The molecule has 0 radical (unpaired) electrons. The molecule has 12 heteroatoms. The van der Waals surface area contributed by atoms with Crippen LogP contribution in [0.3, 0.4) is 0 Å². The van der Waals surface area contributed by atoms with Crippen LogP contribution in [0.25, 0.3) is 22.4 Å². The molecule has 4 aromatic rings. The van der Waals surface area contributed by atoms with Crippen molar-refractivity contribution in [2.45, 2.75) is 12.8 Å². The van der Waals surface area contributed by atoms with E-state index in [1.165, 1.54) is 62.8 Å². The van der Waals surface area contributed by atoms with Crippen molar-refractivity contribution in [1.29, 1.82) is 0 Å². The molecule has 0 aliphatic carbocycles. The third-order valence-corrected chi connectivity index (χ3v) is 5.85. The van der Waals surface area contributed by atoms with E-state index in [4.69, 9.17) is 31.5 Å². The summed E-state index contributed by atoms with van der Waals surface area (Å²) in [4.78, 5) is 7.49. The lowest BCUT2D eigenvalue weighted by atomic mass is 9.96. The van der Waals surface area contributed by atoms with Gasteiger partial charge in [0.25, 0.3) is 0 Å². The Kier molecular flexibility index (Phi) is 7.49. The molecule has 0 aliphatic heterocycles. The normalized spacial score (nSPS) is 11.3. The van der Waals surface area contributed by atoms with Gasteiger partial charge in [0.1, 0.15) is 23.9 Å². The summed E-state index contributed by atoms with van der Waals surface area (Å²) in [5, 5.41) is 10.9. The second-order valence-electron chi connectivity index (χ2n) is 7.92. The Hall–Kier alpha value is -4.25. The average molecular weight is 550 g/mol. The molecule has 0 fully saturated rings. The lowest BCUT2D eigenvalue weighted by Gasteiger charge is -2.18. The van der Waals surface area contributed by atoms with Gasteiger partial charge in [0.2, 0.25) is 5.95 Å². The van der Waals surface area contributed by atoms with Crippen LogP contribution in [0, 0.1) is 5.82 Å². The molecule has 0 saturated heterocycles. The summed E-state index contributed by atoms with van der Waals surface area (Å²) in [6.45, 7) is -0.0481. The minimum Gasteiger partial charge on any atom is -0.507 e. The van der Waals surface area contributed by atoms with E-state index in [9.17, 15) is 22.7 Å². The highest BCUT2D eigenvalue weighted by atomic mass is 35.5. The SMILES string of the molecule is COc1ccc(-c2c(-c3ccc(OCc4ccc(F)cc4Cl)cc3O)nc(N)nc2C(F)(F)F)cc1OC. The number of nitrogen functional groups attached to an aromatic ring is 1. The number of anilines is 1. The number of hydrogen-bond donors (Lipinski definition) is 2. The number of aromatic hydroxyl groups is 1. The number of phenols is 1. The maximum atomic E-state index is 14.1. The molecule has 0 bridgehead atoms. The van der Waals surface area contributed by atoms with Crippen LogP contribution in [-0.2, 0) is 12.8 Å². The fourth-order valence-electron chi connectivity index (χ4n) is 3.74. The van der Waals surface area contributed by atoms with Crippen LogP contribution in [0.1, 0.15) is 11.3 Å². The maximum absolute atomic E-state index is 14.1. The van der Waals surface area contributed by atoms with Gasteiger partial charge in [0.05, 0.1) is 24.9 Å². The van der Waals surface area contributed by atoms with E-state index in [2.05, 4.69) is 9.97 Å². The van der Waals surface area contributed by atoms with Crippen molar-refractivity contribution in [2.75, 3.05) is 20.0 Å². The number of benzene rings is 3. The number of alkyl halides is 3. The topological polar surface area (TPSA) is 99.7 Å². The zero-order valence-electron chi connectivity index (χ0n) is 19.9. The molecule has 0 atom stereocenters. The van der Waals surface area contributed by atoms with Gasteiger partial charge in [-0.25, -0.2) is 14.4 Å². The molecular weight excluding hydrogens is 530 g/mol. The minimum atomic E-state index is -4.90. The number of ether oxygens (including phenoxy) is 3. The smallest absolute Gasteiger partial charge is 0.434 e. The van der Waals surface area contributed by atoms with E-state index in [1.54, 1.807) is 0 Å². The first-order chi connectivity index (χ1) is 18.0. The largest absolute Gasteiger partial charge is 0.507 e. The van der Waals surface area contributed by atoms with Crippen LogP contribution in [0.4, 0.5) is 23.5 Å². The molecule has 0 spiro atoms. The van der Waals surface area contributed by atoms with Gasteiger partial charge in [0.15, 0.2) is 17.2 Å². The molecule has 0 aliphatic rings. The summed E-state index contributed by atoms with van der Waals surface area (Å²) in [7, 11) is 2.73. The summed E-state index contributed by atoms with van der Waals surface area (Å²) >= 11 is 6.01. The quantitative estimate of drug-likeness (QED) is 0.254. The van der Waals surface area contributed by atoms with E-state index in [1.807, 2.05) is 0 Å². The molecule has 3 aromatic carbocycles. The van der Waals surface area contributed by atoms with Crippen LogP contribution in [0.15, 0.2) is 54.6 Å². The standard InChI is InChI=1S/C26H20ClF4N3O4/c1-36-20-8-4-13(9-21(20)37-2)22-23(33-25(32)34-24(22)26(29,30)31)17-7-6-16(11-19(17)35)38-12-14-3-5-15(28)10-18(14)27/h3-11,35H,12H2,1-2H3,(H2,32,33,34). The summed E-state index contributed by atoms with van der Waals surface area (Å²) in [5.41, 5.74) is 4.16. The van der Waals surface area contributed by atoms with E-state index >= 15 is 0 Å². The monoisotopic (exact) mass is 549 g/mol. The fourth-order valence-corrected chi connectivity index (χ4v) is 3.97. The number of nitrogens with two attached hydrogens (primary N) is 1. The van der Waals surface area contributed by atoms with Gasteiger partial charge < -0.3 is 25.1 Å². The molecule has 0 amide bonds. The van der Waals surface area contributed by atoms with Crippen LogP contribution >= 0.6 is 11.6 Å². The van der Waals surface area contributed by atoms with Crippen LogP contribution < -0.4 is 19.9 Å². The summed E-state index contributed by atoms with van der Waals surface area (Å²) < 4.78 is 71.6. The van der Waals surface area contributed by atoms with Crippen molar-refractivity contribution < 1.29 is 36.9 Å². The lowest BCUT2D eigenvalue weighted by molar-refractivity contribution is -0.140. The van der Waals surface area contributed by atoms with E-state index in [0.29, 0.717) is 11.3 Å². The number of methoxy groups -OCH3 is 2. The van der Waals surface area contributed by atoms with Crippen LogP contribution in [-0.4, -0.2) is 29.3 Å². The van der Waals surface area contributed by atoms with Crippen molar-refractivity contribution in [3.8, 4) is 45.4 Å². The maximum Gasteiger partial charge on any atom is 0.434 e. The van der Waals surface area contributed by atoms with Gasteiger partial charge >= 0.3 is 6.18 Å². The molecule has 7 nitrogen and oxygen atoms in total. The Morgan fingerprint density at radius 1 is 0.947 bits per heavy atom. The molecule has 1 heterocycles. The van der Waals surface area contributed by atoms with E-state index in [0.717, 1.165) is 6.07 Å². The first kappa shape index (κ1) is 26.8. The van der Waals surface area contributed by atoms with E-state index in [-0.39, 0.29) is 39.9 Å².